The standard InChI is InChI=1S/C5H9N3O/c1-4(6-2)8-5(9)7-3/h3H2,1-2H3,(H,6,8,9). The lowest BCUT2D eigenvalue weighted by Crippen LogP contribution is -2.24. The van der Waals surface area contributed by atoms with E-state index in [0.717, 1.165) is 0 Å². The molecule has 0 atom stereocenters. The average Bonchev–Trinajstić information content (AvgIpc) is 1.87. The number of amidine groups is 1. The topological polar surface area (TPSA) is 53.8 Å². The van der Waals surface area contributed by atoms with Gasteiger partial charge in [-0.15, -0.1) is 0 Å². The summed E-state index contributed by atoms with van der Waals surface area (Å²) in [7, 11) is 1.58. The highest BCUT2D eigenvalue weighted by Gasteiger charge is 1.93. The summed E-state index contributed by atoms with van der Waals surface area (Å²) in [6.07, 6.45) is 0. The highest BCUT2D eigenvalue weighted by molar-refractivity contribution is 5.97. The molecule has 0 spiro atoms. The van der Waals surface area contributed by atoms with E-state index in [0.29, 0.717) is 5.84 Å². The molecule has 4 heteroatoms. The van der Waals surface area contributed by atoms with Gasteiger partial charge >= 0.3 is 6.03 Å². The van der Waals surface area contributed by atoms with Crippen molar-refractivity contribution in [1.82, 2.24) is 5.32 Å². The third-order valence-electron chi connectivity index (χ3n) is 0.767. The van der Waals surface area contributed by atoms with E-state index < -0.39 is 6.03 Å². The second kappa shape index (κ2) is 3.77. The first-order valence-electron chi connectivity index (χ1n) is 2.41. The Kier molecular flexibility index (Phi) is 3.27. The minimum Gasteiger partial charge on any atom is -0.295 e. The fourth-order valence-corrected chi connectivity index (χ4v) is 0.250. The lowest BCUT2D eigenvalue weighted by Gasteiger charge is -1.95. The van der Waals surface area contributed by atoms with Crippen LogP contribution in [0.25, 0.3) is 0 Å². The molecule has 0 aromatic heterocycles. The monoisotopic (exact) mass is 127 g/mol. The summed E-state index contributed by atoms with van der Waals surface area (Å²) in [5.74, 6) is 0.535. The summed E-state index contributed by atoms with van der Waals surface area (Å²) < 4.78 is 0. The summed E-state index contributed by atoms with van der Waals surface area (Å²) in [4.78, 5) is 17.1. The Morgan fingerprint density at radius 1 is 1.67 bits per heavy atom. The number of hydrogen-bond donors (Lipinski definition) is 1. The molecule has 0 aromatic carbocycles. The van der Waals surface area contributed by atoms with Crippen LogP contribution in [-0.2, 0) is 0 Å². The Labute approximate surface area is 53.7 Å². The smallest absolute Gasteiger partial charge is 0.295 e. The third-order valence-corrected chi connectivity index (χ3v) is 0.767. The van der Waals surface area contributed by atoms with E-state index >= 15 is 0 Å². The Bertz CT molecular complexity index is 150. The molecule has 50 valence electrons. The van der Waals surface area contributed by atoms with Crippen LogP contribution in [0, 0.1) is 0 Å². The quantitative estimate of drug-likeness (QED) is 0.372. The molecule has 0 rings (SSSR count). The van der Waals surface area contributed by atoms with Gasteiger partial charge in [-0.3, -0.25) is 10.3 Å². The first-order valence-corrected chi connectivity index (χ1v) is 2.41. The Hall–Kier alpha value is -1.19. The van der Waals surface area contributed by atoms with Crippen LogP contribution in [0.2, 0.25) is 0 Å². The highest BCUT2D eigenvalue weighted by Crippen LogP contribution is 1.72. The van der Waals surface area contributed by atoms with Crippen molar-refractivity contribution in [1.29, 1.82) is 0 Å². The van der Waals surface area contributed by atoms with Crippen molar-refractivity contribution in [3.05, 3.63) is 0 Å². The molecule has 0 unspecified atom stereocenters. The van der Waals surface area contributed by atoms with Gasteiger partial charge in [0.15, 0.2) is 0 Å². The number of nitrogens with one attached hydrogen (secondary N) is 1. The van der Waals surface area contributed by atoms with Crippen LogP contribution in [0.4, 0.5) is 4.79 Å². The van der Waals surface area contributed by atoms with Gasteiger partial charge in [0.25, 0.3) is 0 Å². The third kappa shape index (κ3) is 3.40. The van der Waals surface area contributed by atoms with E-state index in [-0.39, 0.29) is 0 Å². The van der Waals surface area contributed by atoms with Gasteiger partial charge in [0, 0.05) is 7.05 Å². The fourth-order valence-electron chi connectivity index (χ4n) is 0.250. The zero-order valence-electron chi connectivity index (χ0n) is 5.51. The van der Waals surface area contributed by atoms with Crippen LogP contribution in [0.5, 0.6) is 0 Å². The molecule has 0 aromatic rings. The molecule has 0 heterocycles. The van der Waals surface area contributed by atoms with Gasteiger partial charge < -0.3 is 0 Å². The lowest BCUT2D eigenvalue weighted by atomic mass is 10.6. The van der Waals surface area contributed by atoms with Crippen molar-refractivity contribution in [2.45, 2.75) is 6.92 Å². The first kappa shape index (κ1) is 7.81. The van der Waals surface area contributed by atoms with E-state index in [1.807, 2.05) is 0 Å². The molecule has 4 nitrogen and oxygen atoms in total. The average molecular weight is 127 g/mol. The van der Waals surface area contributed by atoms with Crippen molar-refractivity contribution in [2.24, 2.45) is 9.98 Å². The molecule has 2 amide bonds. The van der Waals surface area contributed by atoms with Crippen molar-refractivity contribution < 1.29 is 4.79 Å². The van der Waals surface area contributed by atoms with E-state index in [2.05, 4.69) is 22.0 Å². The molecular weight excluding hydrogens is 118 g/mol. The largest absolute Gasteiger partial charge is 0.345 e. The van der Waals surface area contributed by atoms with Crippen LogP contribution in [0.15, 0.2) is 9.98 Å². The van der Waals surface area contributed by atoms with Crippen molar-refractivity contribution >= 4 is 18.6 Å². The predicted octanol–water partition coefficient (Wildman–Crippen LogP) is 0.445. The van der Waals surface area contributed by atoms with Crippen molar-refractivity contribution in [2.75, 3.05) is 7.05 Å². The van der Waals surface area contributed by atoms with Gasteiger partial charge in [-0.25, -0.2) is 9.79 Å². The number of nitrogens with zero attached hydrogens (tertiary/aromatic N) is 2. The number of hydrogen-bond acceptors (Lipinski definition) is 2. The van der Waals surface area contributed by atoms with Crippen LogP contribution in [0.3, 0.4) is 0 Å². The minimum absolute atomic E-state index is 0.474. The number of rotatable bonds is 0. The maximum absolute atomic E-state index is 10.4. The zero-order valence-corrected chi connectivity index (χ0v) is 5.51. The van der Waals surface area contributed by atoms with Crippen molar-refractivity contribution in [3.8, 4) is 0 Å². The van der Waals surface area contributed by atoms with Gasteiger partial charge in [-0.05, 0) is 13.6 Å². The molecule has 0 radical (unpaired) electrons. The molecule has 0 fully saturated rings. The van der Waals surface area contributed by atoms with E-state index in [1.165, 1.54) is 0 Å². The first-order chi connectivity index (χ1) is 4.20. The summed E-state index contributed by atoms with van der Waals surface area (Å²) in [5.41, 5.74) is 0. The maximum Gasteiger partial charge on any atom is 0.345 e. The molecule has 9 heavy (non-hydrogen) atoms. The summed E-state index contributed by atoms with van der Waals surface area (Å²) in [6, 6.07) is -0.474. The number of aliphatic imine (C=N–C) groups is 2. The Morgan fingerprint density at radius 3 is 2.56 bits per heavy atom. The SMILES string of the molecule is C=NC(=O)NC(C)=NC. The molecule has 1 N–H and O–H groups in total. The highest BCUT2D eigenvalue weighted by atomic mass is 16.2. The Balaban J connectivity index is 3.74. The van der Waals surface area contributed by atoms with E-state index in [9.17, 15) is 4.79 Å². The molecule has 0 saturated heterocycles. The fraction of sp³-hybridized carbons (Fsp3) is 0.400. The van der Waals surface area contributed by atoms with Crippen molar-refractivity contribution in [3.63, 3.8) is 0 Å². The van der Waals surface area contributed by atoms with Gasteiger partial charge in [0.05, 0.1) is 0 Å². The number of amides is 2. The van der Waals surface area contributed by atoms with Gasteiger partial charge in [-0.2, -0.15) is 0 Å². The molecule has 0 bridgehead atoms. The van der Waals surface area contributed by atoms with Crippen LogP contribution in [0.1, 0.15) is 6.92 Å². The summed E-state index contributed by atoms with van der Waals surface area (Å²) in [5, 5.41) is 2.36. The molecular formula is C5H9N3O. The maximum atomic E-state index is 10.4. The molecule has 0 saturated carbocycles. The molecule has 0 aliphatic rings. The van der Waals surface area contributed by atoms with Gasteiger partial charge in [0.1, 0.15) is 5.84 Å². The summed E-state index contributed by atoms with van der Waals surface area (Å²) >= 11 is 0. The van der Waals surface area contributed by atoms with E-state index in [1.54, 1.807) is 14.0 Å². The van der Waals surface area contributed by atoms with Gasteiger partial charge in [0.2, 0.25) is 0 Å². The zero-order chi connectivity index (χ0) is 7.28. The summed E-state index contributed by atoms with van der Waals surface area (Å²) in [6.45, 7) is 4.70. The molecule has 0 aliphatic carbocycles. The lowest BCUT2D eigenvalue weighted by molar-refractivity contribution is 0.253. The van der Waals surface area contributed by atoms with Crippen LogP contribution >= 0.6 is 0 Å². The number of carbonyl (C=O) groups excluding carboxylic acids is 1. The Morgan fingerprint density at radius 2 is 2.22 bits per heavy atom. The number of carbonyl (C=O) groups is 1. The number of urea groups is 1. The molecule has 0 aliphatic heterocycles. The van der Waals surface area contributed by atoms with Crippen LogP contribution in [-0.4, -0.2) is 25.6 Å². The second-order valence-electron chi connectivity index (χ2n) is 1.40. The second-order valence-corrected chi connectivity index (χ2v) is 1.40. The predicted molar refractivity (Wildman–Crippen MR) is 37.1 cm³/mol. The normalized spacial score (nSPS) is 10.7. The minimum atomic E-state index is -0.474. The van der Waals surface area contributed by atoms with Crippen LogP contribution < -0.4 is 5.32 Å². The van der Waals surface area contributed by atoms with E-state index in [4.69, 9.17) is 0 Å². The van der Waals surface area contributed by atoms with Gasteiger partial charge in [-0.1, -0.05) is 0 Å².